The van der Waals surface area contributed by atoms with Gasteiger partial charge in [0.25, 0.3) is 0 Å². The molecule has 0 saturated heterocycles. The van der Waals surface area contributed by atoms with Gasteiger partial charge in [-0.1, -0.05) is 35.0 Å². The monoisotopic (exact) mass is 245 g/mol. The van der Waals surface area contributed by atoms with Crippen LogP contribution in [0.3, 0.4) is 0 Å². The lowest BCUT2D eigenvalue weighted by Gasteiger charge is -2.20. The Labute approximate surface area is 105 Å². The minimum absolute atomic E-state index is 0.00169. The number of carbonyl (C=O) groups is 1. The van der Waals surface area contributed by atoms with E-state index < -0.39 is 17.6 Å². The zero-order valence-corrected chi connectivity index (χ0v) is 10.4. The summed E-state index contributed by atoms with van der Waals surface area (Å²) in [4.78, 5) is 17.3. The molecule has 0 amide bonds. The summed E-state index contributed by atoms with van der Waals surface area (Å²) in [5.74, 6) is -0.426. The van der Waals surface area contributed by atoms with Crippen molar-refractivity contribution in [3.63, 3.8) is 0 Å². The maximum absolute atomic E-state index is 12.0. The zero-order valence-electron chi connectivity index (χ0n) is 10.4. The fraction of sp³-hybridized carbons (Fsp3) is 0.429. The molecule has 1 heterocycles. The summed E-state index contributed by atoms with van der Waals surface area (Å²) >= 11 is 0. The Hall–Kier alpha value is -1.68. The van der Waals surface area contributed by atoms with Crippen LogP contribution in [0.15, 0.2) is 29.4 Å². The van der Waals surface area contributed by atoms with E-state index in [2.05, 4.69) is 5.16 Å². The molecule has 3 rings (SSSR count). The molecule has 2 aliphatic rings. The molecule has 1 fully saturated rings. The highest BCUT2D eigenvalue weighted by molar-refractivity contribution is 6.16. The number of hydrogen-bond donors (Lipinski definition) is 1. The third-order valence-electron chi connectivity index (χ3n) is 3.70. The fourth-order valence-corrected chi connectivity index (χ4v) is 2.69. The highest BCUT2D eigenvalue weighted by Gasteiger charge is 2.56. The van der Waals surface area contributed by atoms with E-state index in [1.165, 1.54) is 0 Å². The number of carbonyl (C=O) groups excluding carboxylic acids is 1. The van der Waals surface area contributed by atoms with Gasteiger partial charge in [-0.05, 0) is 13.8 Å². The van der Waals surface area contributed by atoms with E-state index in [-0.39, 0.29) is 12.2 Å². The Morgan fingerprint density at radius 2 is 2.06 bits per heavy atom. The summed E-state index contributed by atoms with van der Waals surface area (Å²) in [6, 6.07) is 7.81. The van der Waals surface area contributed by atoms with Crippen LogP contribution in [0.2, 0.25) is 0 Å². The highest BCUT2D eigenvalue weighted by atomic mass is 16.7. The van der Waals surface area contributed by atoms with Gasteiger partial charge in [-0.3, -0.25) is 4.79 Å². The average molecular weight is 245 g/mol. The first-order valence-corrected chi connectivity index (χ1v) is 6.05. The second kappa shape index (κ2) is 3.65. The molecule has 1 saturated carbocycles. The standard InChI is InChI=1S/C14H15NO3/c1-8-3-5-9(6-4-8)12-11-10(16)7-14(2,17)13(11)18-15-12/h3-6,11,13,17H,7H2,1-2H3/t11-,13+,14+/m0/s1. The lowest BCUT2D eigenvalue weighted by molar-refractivity contribution is -0.119. The highest BCUT2D eigenvalue weighted by Crippen LogP contribution is 2.40. The van der Waals surface area contributed by atoms with E-state index in [0.29, 0.717) is 5.71 Å². The smallest absolute Gasteiger partial charge is 0.171 e. The van der Waals surface area contributed by atoms with Crippen LogP contribution >= 0.6 is 0 Å². The molecule has 0 bridgehead atoms. The normalized spacial score (nSPS) is 34.2. The molecule has 0 radical (unpaired) electrons. The molecule has 4 heteroatoms. The van der Waals surface area contributed by atoms with Crippen molar-refractivity contribution in [2.75, 3.05) is 0 Å². The van der Waals surface area contributed by atoms with Gasteiger partial charge in [0.2, 0.25) is 0 Å². The minimum Gasteiger partial charge on any atom is -0.388 e. The maximum atomic E-state index is 12.0. The second-order valence-electron chi connectivity index (χ2n) is 5.35. The van der Waals surface area contributed by atoms with Crippen molar-refractivity contribution < 1.29 is 14.7 Å². The summed E-state index contributed by atoms with van der Waals surface area (Å²) in [7, 11) is 0. The zero-order chi connectivity index (χ0) is 12.9. The van der Waals surface area contributed by atoms with Crippen LogP contribution in [0.25, 0.3) is 0 Å². The topological polar surface area (TPSA) is 58.9 Å². The van der Waals surface area contributed by atoms with Gasteiger partial charge >= 0.3 is 0 Å². The van der Waals surface area contributed by atoms with E-state index in [1.807, 2.05) is 31.2 Å². The lowest BCUT2D eigenvalue weighted by atomic mass is 9.91. The van der Waals surface area contributed by atoms with E-state index in [4.69, 9.17) is 4.84 Å². The molecule has 1 aromatic rings. The quantitative estimate of drug-likeness (QED) is 0.814. The number of aliphatic hydroxyl groups is 1. The summed E-state index contributed by atoms with van der Waals surface area (Å²) in [6.45, 7) is 3.63. The third-order valence-corrected chi connectivity index (χ3v) is 3.70. The summed E-state index contributed by atoms with van der Waals surface area (Å²) in [6.07, 6.45) is -0.408. The number of ketones is 1. The molecular formula is C14H15NO3. The van der Waals surface area contributed by atoms with Crippen LogP contribution in [0.1, 0.15) is 24.5 Å². The second-order valence-corrected chi connectivity index (χ2v) is 5.35. The molecule has 0 aromatic heterocycles. The van der Waals surface area contributed by atoms with Crippen LogP contribution in [0.5, 0.6) is 0 Å². The number of rotatable bonds is 1. The number of oxime groups is 1. The number of fused-ring (bicyclic) bond motifs is 1. The van der Waals surface area contributed by atoms with E-state index in [0.717, 1.165) is 11.1 Å². The molecule has 4 nitrogen and oxygen atoms in total. The van der Waals surface area contributed by atoms with Crippen LogP contribution in [-0.2, 0) is 9.63 Å². The number of nitrogens with zero attached hydrogens (tertiary/aromatic N) is 1. The Balaban J connectivity index is 1.97. The first-order chi connectivity index (χ1) is 8.49. The Kier molecular flexibility index (Phi) is 2.32. The van der Waals surface area contributed by atoms with Gasteiger partial charge in [-0.2, -0.15) is 0 Å². The molecule has 1 aliphatic carbocycles. The van der Waals surface area contributed by atoms with Gasteiger partial charge in [-0.25, -0.2) is 0 Å². The molecule has 0 unspecified atom stereocenters. The number of hydrogen-bond acceptors (Lipinski definition) is 4. The summed E-state index contributed by atoms with van der Waals surface area (Å²) < 4.78 is 0. The molecule has 1 aromatic carbocycles. The fourth-order valence-electron chi connectivity index (χ4n) is 2.69. The molecule has 18 heavy (non-hydrogen) atoms. The van der Waals surface area contributed by atoms with Gasteiger partial charge < -0.3 is 9.94 Å². The first-order valence-electron chi connectivity index (χ1n) is 6.05. The van der Waals surface area contributed by atoms with E-state index >= 15 is 0 Å². The summed E-state index contributed by atoms with van der Waals surface area (Å²) in [5, 5.41) is 14.1. The number of benzene rings is 1. The largest absolute Gasteiger partial charge is 0.388 e. The van der Waals surface area contributed by atoms with Crippen LogP contribution in [-0.4, -0.2) is 28.3 Å². The van der Waals surface area contributed by atoms with Crippen LogP contribution in [0.4, 0.5) is 0 Å². The Morgan fingerprint density at radius 3 is 2.72 bits per heavy atom. The average Bonchev–Trinajstić information content (AvgIpc) is 2.82. The van der Waals surface area contributed by atoms with Crippen molar-refractivity contribution in [2.24, 2.45) is 11.1 Å². The minimum atomic E-state index is -1.11. The maximum Gasteiger partial charge on any atom is 0.171 e. The van der Waals surface area contributed by atoms with Gasteiger partial charge in [0, 0.05) is 12.0 Å². The van der Waals surface area contributed by atoms with Gasteiger partial charge in [0.05, 0.1) is 0 Å². The summed E-state index contributed by atoms with van der Waals surface area (Å²) in [5.41, 5.74) is 1.57. The van der Waals surface area contributed by atoms with Crippen molar-refractivity contribution >= 4 is 11.5 Å². The SMILES string of the molecule is Cc1ccc(C2=NO[C@@H]3[C@H]2C(=O)C[C@@]3(C)O)cc1. The van der Waals surface area contributed by atoms with E-state index in [1.54, 1.807) is 6.92 Å². The van der Waals surface area contributed by atoms with Crippen molar-refractivity contribution in [1.29, 1.82) is 0 Å². The third kappa shape index (κ3) is 1.56. The van der Waals surface area contributed by atoms with Crippen LogP contribution < -0.4 is 0 Å². The van der Waals surface area contributed by atoms with Crippen molar-refractivity contribution in [2.45, 2.75) is 32.0 Å². The molecular weight excluding hydrogens is 230 g/mol. The van der Waals surface area contributed by atoms with Crippen molar-refractivity contribution in [3.05, 3.63) is 35.4 Å². The van der Waals surface area contributed by atoms with Gasteiger partial charge in [-0.15, -0.1) is 0 Å². The van der Waals surface area contributed by atoms with Crippen molar-refractivity contribution in [1.82, 2.24) is 0 Å². The van der Waals surface area contributed by atoms with Gasteiger partial charge in [0.1, 0.15) is 23.0 Å². The lowest BCUT2D eigenvalue weighted by Crippen LogP contribution is -2.37. The van der Waals surface area contributed by atoms with Crippen LogP contribution in [0, 0.1) is 12.8 Å². The van der Waals surface area contributed by atoms with Crippen molar-refractivity contribution in [3.8, 4) is 0 Å². The Bertz CT molecular complexity index is 530. The number of Topliss-reactive ketones (excluding diaryl/α,β-unsaturated/α-hetero) is 1. The Morgan fingerprint density at radius 1 is 1.39 bits per heavy atom. The molecule has 0 spiro atoms. The van der Waals surface area contributed by atoms with Gasteiger partial charge in [0.15, 0.2) is 6.10 Å². The predicted molar refractivity (Wildman–Crippen MR) is 66.3 cm³/mol. The molecule has 1 aliphatic heterocycles. The first kappa shape index (κ1) is 11.4. The molecule has 94 valence electrons. The molecule has 3 atom stereocenters. The molecule has 1 N–H and O–H groups in total. The predicted octanol–water partition coefficient (Wildman–Crippen LogP) is 1.44. The van der Waals surface area contributed by atoms with E-state index in [9.17, 15) is 9.90 Å². The number of aryl methyl sites for hydroxylation is 1.